The zero-order chi connectivity index (χ0) is 25.9. The number of carbonyl (C=O) groups excluding carboxylic acids is 1. The van der Waals surface area contributed by atoms with Crippen LogP contribution in [0.2, 0.25) is 0 Å². The first kappa shape index (κ1) is 25.1. The maximum absolute atomic E-state index is 13.3. The highest BCUT2D eigenvalue weighted by Gasteiger charge is 2.27. The van der Waals surface area contributed by atoms with Crippen molar-refractivity contribution in [3.8, 4) is 0 Å². The van der Waals surface area contributed by atoms with Gasteiger partial charge in [-0.15, -0.1) is 0 Å². The van der Waals surface area contributed by atoms with Gasteiger partial charge in [0.05, 0.1) is 15.8 Å². The van der Waals surface area contributed by atoms with Crippen molar-refractivity contribution in [3.63, 3.8) is 0 Å². The van der Waals surface area contributed by atoms with E-state index in [-0.39, 0.29) is 23.2 Å². The predicted molar refractivity (Wildman–Crippen MR) is 137 cm³/mol. The Morgan fingerprint density at radius 3 is 2.11 bits per heavy atom. The maximum Gasteiger partial charge on any atom is 0.330 e. The number of hydrogen-bond donors (Lipinski definition) is 2. The van der Waals surface area contributed by atoms with Crippen LogP contribution in [-0.4, -0.2) is 29.5 Å². The van der Waals surface area contributed by atoms with Crippen LogP contribution in [0.1, 0.15) is 11.1 Å². The topological polar surface area (TPSA) is 119 Å². The maximum atomic E-state index is 13.3. The van der Waals surface area contributed by atoms with Gasteiger partial charge < -0.3 is 5.32 Å². The standard InChI is InChI=1S/C26H26N4O5S/c1-29-23-14-13-20(16-21(23)25(32)30(2)26(29)33)36(34,35)28-22(15-18-9-5-3-6-10-18)24(31)27-17-19-11-7-4-8-12-19/h3-14,16,22,28H,15,17H2,1-2H3,(H,27,31)/t22-/m0/s1. The number of nitrogens with one attached hydrogen (secondary N) is 2. The molecule has 0 bridgehead atoms. The fourth-order valence-electron chi connectivity index (χ4n) is 3.94. The lowest BCUT2D eigenvalue weighted by Crippen LogP contribution is -2.47. The second-order valence-electron chi connectivity index (χ2n) is 8.45. The molecule has 0 aliphatic carbocycles. The summed E-state index contributed by atoms with van der Waals surface area (Å²) in [4.78, 5) is 37.7. The van der Waals surface area contributed by atoms with E-state index in [9.17, 15) is 22.8 Å². The van der Waals surface area contributed by atoms with E-state index in [2.05, 4.69) is 10.0 Å². The Hall–Kier alpha value is -4.02. The molecule has 0 aliphatic heterocycles. The zero-order valence-corrected chi connectivity index (χ0v) is 20.7. The van der Waals surface area contributed by atoms with Gasteiger partial charge in [-0.1, -0.05) is 60.7 Å². The molecule has 0 radical (unpaired) electrons. The van der Waals surface area contributed by atoms with Gasteiger partial charge in [-0.25, -0.2) is 13.2 Å². The molecule has 4 aromatic rings. The molecule has 186 valence electrons. The molecule has 1 amide bonds. The molecular formula is C26H26N4O5S. The summed E-state index contributed by atoms with van der Waals surface area (Å²) in [7, 11) is -1.36. The number of benzene rings is 3. The molecule has 9 nitrogen and oxygen atoms in total. The van der Waals surface area contributed by atoms with Crippen LogP contribution in [0.15, 0.2) is 93.3 Å². The minimum atomic E-state index is -4.20. The number of fused-ring (bicyclic) bond motifs is 1. The van der Waals surface area contributed by atoms with E-state index in [0.717, 1.165) is 15.7 Å². The number of hydrogen-bond acceptors (Lipinski definition) is 5. The van der Waals surface area contributed by atoms with Crippen LogP contribution < -0.4 is 21.3 Å². The fraction of sp³-hybridized carbons (Fsp3) is 0.192. The van der Waals surface area contributed by atoms with Crippen molar-refractivity contribution in [1.82, 2.24) is 19.2 Å². The molecule has 10 heteroatoms. The van der Waals surface area contributed by atoms with Crippen LogP contribution in [-0.2, 0) is 41.9 Å². The first-order valence-electron chi connectivity index (χ1n) is 11.2. The molecule has 36 heavy (non-hydrogen) atoms. The van der Waals surface area contributed by atoms with Gasteiger partial charge in [0.15, 0.2) is 0 Å². The van der Waals surface area contributed by atoms with Crippen molar-refractivity contribution in [2.24, 2.45) is 14.1 Å². The Kier molecular flexibility index (Phi) is 7.18. The van der Waals surface area contributed by atoms with E-state index in [0.29, 0.717) is 5.52 Å². The normalized spacial score (nSPS) is 12.4. The molecule has 1 aromatic heterocycles. The molecule has 0 aliphatic rings. The summed E-state index contributed by atoms with van der Waals surface area (Å²) in [6, 6.07) is 21.2. The molecule has 1 atom stereocenters. The van der Waals surface area contributed by atoms with E-state index in [4.69, 9.17) is 0 Å². The molecule has 3 aromatic carbocycles. The minimum absolute atomic E-state index is 0.0793. The Morgan fingerprint density at radius 2 is 1.47 bits per heavy atom. The largest absolute Gasteiger partial charge is 0.351 e. The van der Waals surface area contributed by atoms with Gasteiger partial charge >= 0.3 is 5.69 Å². The monoisotopic (exact) mass is 506 g/mol. The molecule has 0 spiro atoms. The summed E-state index contributed by atoms with van der Waals surface area (Å²) in [6.45, 7) is 0.243. The van der Waals surface area contributed by atoms with Crippen molar-refractivity contribution in [2.75, 3.05) is 0 Å². The second kappa shape index (κ2) is 10.3. The number of aryl methyl sites for hydroxylation is 1. The second-order valence-corrected chi connectivity index (χ2v) is 10.2. The van der Waals surface area contributed by atoms with Crippen molar-refractivity contribution in [3.05, 3.63) is 111 Å². The van der Waals surface area contributed by atoms with Gasteiger partial charge in [-0.2, -0.15) is 4.72 Å². The first-order valence-corrected chi connectivity index (χ1v) is 12.7. The van der Waals surface area contributed by atoms with Crippen LogP contribution >= 0.6 is 0 Å². The van der Waals surface area contributed by atoms with Crippen molar-refractivity contribution in [2.45, 2.75) is 23.9 Å². The van der Waals surface area contributed by atoms with Crippen molar-refractivity contribution < 1.29 is 13.2 Å². The van der Waals surface area contributed by atoms with Gasteiger partial charge in [0.1, 0.15) is 6.04 Å². The highest BCUT2D eigenvalue weighted by molar-refractivity contribution is 7.89. The summed E-state index contributed by atoms with van der Waals surface area (Å²) >= 11 is 0. The Labute approximate surface area is 208 Å². The summed E-state index contributed by atoms with van der Waals surface area (Å²) < 4.78 is 31.4. The van der Waals surface area contributed by atoms with Gasteiger partial charge in [-0.05, 0) is 35.7 Å². The van der Waals surface area contributed by atoms with Crippen LogP contribution in [0.25, 0.3) is 10.9 Å². The zero-order valence-electron chi connectivity index (χ0n) is 19.8. The van der Waals surface area contributed by atoms with Crippen LogP contribution in [0.3, 0.4) is 0 Å². The van der Waals surface area contributed by atoms with Crippen LogP contribution in [0, 0.1) is 0 Å². The molecular weight excluding hydrogens is 480 g/mol. The number of aromatic nitrogens is 2. The molecule has 0 saturated carbocycles. The molecule has 0 saturated heterocycles. The summed E-state index contributed by atoms with van der Waals surface area (Å²) in [5, 5.41) is 2.88. The lowest BCUT2D eigenvalue weighted by Gasteiger charge is -2.19. The van der Waals surface area contributed by atoms with Gasteiger partial charge in [0.2, 0.25) is 15.9 Å². The summed E-state index contributed by atoms with van der Waals surface area (Å²) in [6.07, 6.45) is 0.130. The van der Waals surface area contributed by atoms with Gasteiger partial charge in [0.25, 0.3) is 5.56 Å². The Balaban J connectivity index is 1.66. The van der Waals surface area contributed by atoms with Gasteiger partial charge in [-0.3, -0.25) is 18.7 Å². The average molecular weight is 507 g/mol. The number of rotatable bonds is 8. The van der Waals surface area contributed by atoms with Gasteiger partial charge in [0, 0.05) is 20.6 Å². The predicted octanol–water partition coefficient (Wildman–Crippen LogP) is 1.44. The number of carbonyl (C=O) groups is 1. The lowest BCUT2D eigenvalue weighted by molar-refractivity contribution is -0.122. The SMILES string of the molecule is Cn1c(=O)c2cc(S(=O)(=O)N[C@@H](Cc3ccccc3)C(=O)NCc3ccccc3)ccc2n(C)c1=O. The third kappa shape index (κ3) is 5.29. The molecule has 1 heterocycles. The van der Waals surface area contributed by atoms with E-state index >= 15 is 0 Å². The highest BCUT2D eigenvalue weighted by Crippen LogP contribution is 2.17. The molecule has 2 N–H and O–H groups in total. The van der Waals surface area contributed by atoms with E-state index in [1.807, 2.05) is 60.7 Å². The quantitative estimate of drug-likeness (QED) is 0.375. The third-order valence-electron chi connectivity index (χ3n) is 5.95. The first-order chi connectivity index (χ1) is 17.2. The van der Waals surface area contributed by atoms with Crippen LogP contribution in [0.4, 0.5) is 0 Å². The van der Waals surface area contributed by atoms with E-state index in [1.165, 1.54) is 36.9 Å². The smallest absolute Gasteiger partial charge is 0.330 e. The number of amides is 1. The van der Waals surface area contributed by atoms with E-state index < -0.39 is 33.2 Å². The lowest BCUT2D eigenvalue weighted by atomic mass is 10.1. The number of nitrogens with zero attached hydrogens (tertiary/aromatic N) is 2. The minimum Gasteiger partial charge on any atom is -0.351 e. The average Bonchev–Trinajstić information content (AvgIpc) is 2.89. The summed E-state index contributed by atoms with van der Waals surface area (Å²) in [5.41, 5.74) is 0.847. The van der Waals surface area contributed by atoms with Crippen LogP contribution in [0.5, 0.6) is 0 Å². The molecule has 4 rings (SSSR count). The third-order valence-corrected chi connectivity index (χ3v) is 7.42. The Bertz CT molecular complexity index is 1630. The molecule has 0 unspecified atom stereocenters. The van der Waals surface area contributed by atoms with E-state index in [1.54, 1.807) is 0 Å². The Morgan fingerprint density at radius 1 is 0.861 bits per heavy atom. The van der Waals surface area contributed by atoms with Crippen molar-refractivity contribution in [1.29, 1.82) is 0 Å². The highest BCUT2D eigenvalue weighted by atomic mass is 32.2. The summed E-state index contributed by atoms with van der Waals surface area (Å²) in [5.74, 6) is -0.481. The molecule has 0 fully saturated rings. The van der Waals surface area contributed by atoms with Crippen molar-refractivity contribution >= 4 is 26.8 Å². The number of sulfonamides is 1. The fourth-order valence-corrected chi connectivity index (χ4v) is 5.16.